The summed E-state index contributed by atoms with van der Waals surface area (Å²) in [5.74, 6) is 0.606. The average molecular weight is 357 g/mol. The molecule has 3 nitrogen and oxygen atoms in total. The summed E-state index contributed by atoms with van der Waals surface area (Å²) < 4.78 is 0. The molecule has 2 atom stereocenters. The fourth-order valence-electron chi connectivity index (χ4n) is 3.40. The number of halogens is 1. The van der Waals surface area contributed by atoms with Crippen molar-refractivity contribution in [2.75, 3.05) is 18.0 Å². The number of anilines is 1. The van der Waals surface area contributed by atoms with E-state index in [9.17, 15) is 4.79 Å². The largest absolute Gasteiger partial charge is 0.371 e. The number of nitrogens with zero attached hydrogens (tertiary/aromatic N) is 1. The van der Waals surface area contributed by atoms with Crippen molar-refractivity contribution in [2.24, 2.45) is 5.92 Å². The molecule has 0 spiro atoms. The van der Waals surface area contributed by atoms with Crippen LogP contribution in [0.1, 0.15) is 48.7 Å². The Morgan fingerprint density at radius 2 is 1.92 bits per heavy atom. The van der Waals surface area contributed by atoms with Crippen molar-refractivity contribution in [3.8, 4) is 0 Å². The van der Waals surface area contributed by atoms with E-state index in [-0.39, 0.29) is 11.9 Å². The van der Waals surface area contributed by atoms with Crippen molar-refractivity contribution < 1.29 is 4.79 Å². The normalized spacial score (nSPS) is 18.7. The highest BCUT2D eigenvalue weighted by molar-refractivity contribution is 6.33. The second kappa shape index (κ2) is 7.92. The van der Waals surface area contributed by atoms with E-state index in [0.717, 1.165) is 24.6 Å². The molecule has 1 fully saturated rings. The molecule has 1 aliphatic rings. The van der Waals surface area contributed by atoms with Crippen LogP contribution >= 0.6 is 11.6 Å². The van der Waals surface area contributed by atoms with Crippen LogP contribution in [0, 0.1) is 5.92 Å². The molecule has 2 aromatic rings. The second-order valence-corrected chi connectivity index (χ2v) is 7.37. The van der Waals surface area contributed by atoms with Crippen LogP contribution in [0.4, 0.5) is 5.69 Å². The number of nitrogens with one attached hydrogen (secondary N) is 1. The minimum atomic E-state index is -0.146. The Morgan fingerprint density at radius 1 is 1.20 bits per heavy atom. The zero-order valence-electron chi connectivity index (χ0n) is 14.8. The van der Waals surface area contributed by atoms with Gasteiger partial charge in [0.25, 0.3) is 5.91 Å². The van der Waals surface area contributed by atoms with Crippen molar-refractivity contribution >= 4 is 23.2 Å². The molecule has 2 aromatic carbocycles. The lowest BCUT2D eigenvalue weighted by Gasteiger charge is -2.33. The first-order chi connectivity index (χ1) is 12.0. The maximum absolute atomic E-state index is 12.4. The summed E-state index contributed by atoms with van der Waals surface area (Å²) in [6.07, 6.45) is 2.58. The Bertz CT molecular complexity index is 729. The number of piperidine rings is 1. The summed E-state index contributed by atoms with van der Waals surface area (Å²) in [4.78, 5) is 14.8. The molecule has 1 N–H and O–H groups in total. The van der Waals surface area contributed by atoms with Gasteiger partial charge in [-0.15, -0.1) is 0 Å². The molecule has 132 valence electrons. The highest BCUT2D eigenvalue weighted by Gasteiger charge is 2.17. The maximum Gasteiger partial charge on any atom is 0.253 e. The lowest BCUT2D eigenvalue weighted by molar-refractivity contribution is 0.0940. The van der Waals surface area contributed by atoms with Gasteiger partial charge in [0.1, 0.15) is 0 Å². The van der Waals surface area contributed by atoms with Crippen molar-refractivity contribution in [3.63, 3.8) is 0 Å². The van der Waals surface area contributed by atoms with Gasteiger partial charge in [0.15, 0.2) is 0 Å². The van der Waals surface area contributed by atoms with Crippen LogP contribution in [0.15, 0.2) is 48.5 Å². The van der Waals surface area contributed by atoms with Gasteiger partial charge in [-0.05, 0) is 55.5 Å². The molecule has 1 amide bonds. The van der Waals surface area contributed by atoms with Crippen LogP contribution in [0.3, 0.4) is 0 Å². The summed E-state index contributed by atoms with van der Waals surface area (Å²) in [6, 6.07) is 15.6. The monoisotopic (exact) mass is 356 g/mol. The summed E-state index contributed by atoms with van der Waals surface area (Å²) in [7, 11) is 0. The van der Waals surface area contributed by atoms with Gasteiger partial charge in [-0.1, -0.05) is 42.8 Å². The Labute approximate surface area is 155 Å². The van der Waals surface area contributed by atoms with Gasteiger partial charge in [0.05, 0.1) is 16.6 Å². The molecule has 3 rings (SSSR count). The van der Waals surface area contributed by atoms with Crippen LogP contribution in [-0.2, 0) is 0 Å². The number of amides is 1. The van der Waals surface area contributed by atoms with Crippen molar-refractivity contribution in [2.45, 2.75) is 32.7 Å². The topological polar surface area (TPSA) is 32.3 Å². The van der Waals surface area contributed by atoms with Crippen molar-refractivity contribution in [1.29, 1.82) is 0 Å². The van der Waals surface area contributed by atoms with Crippen LogP contribution in [0.25, 0.3) is 0 Å². The lowest BCUT2D eigenvalue weighted by atomic mass is 9.99. The molecule has 1 aliphatic heterocycles. The Hall–Kier alpha value is -2.00. The molecule has 0 saturated carbocycles. The Kier molecular flexibility index (Phi) is 5.64. The summed E-state index contributed by atoms with van der Waals surface area (Å²) in [5.41, 5.74) is 2.86. The van der Waals surface area contributed by atoms with E-state index in [1.807, 2.05) is 19.1 Å². The van der Waals surface area contributed by atoms with E-state index in [1.54, 1.807) is 12.1 Å². The molecular formula is C21H25ClN2O. The summed E-state index contributed by atoms with van der Waals surface area (Å²) in [6.45, 7) is 6.56. The first kappa shape index (κ1) is 17.8. The van der Waals surface area contributed by atoms with Crippen LogP contribution in [0.2, 0.25) is 5.02 Å². The number of hydrogen-bond donors (Lipinski definition) is 1. The molecule has 0 unspecified atom stereocenters. The highest BCUT2D eigenvalue weighted by Crippen LogP contribution is 2.25. The van der Waals surface area contributed by atoms with E-state index in [1.165, 1.54) is 18.5 Å². The average Bonchev–Trinajstić information content (AvgIpc) is 2.62. The number of rotatable bonds is 4. The number of carbonyl (C=O) groups is 1. The fourth-order valence-corrected chi connectivity index (χ4v) is 3.62. The minimum Gasteiger partial charge on any atom is -0.371 e. The van der Waals surface area contributed by atoms with Gasteiger partial charge in [-0.2, -0.15) is 0 Å². The predicted molar refractivity (Wildman–Crippen MR) is 104 cm³/mol. The second-order valence-electron chi connectivity index (χ2n) is 6.96. The van der Waals surface area contributed by atoms with E-state index in [0.29, 0.717) is 10.6 Å². The number of benzene rings is 2. The van der Waals surface area contributed by atoms with Crippen LogP contribution in [0.5, 0.6) is 0 Å². The van der Waals surface area contributed by atoms with Crippen molar-refractivity contribution in [3.05, 3.63) is 64.7 Å². The van der Waals surface area contributed by atoms with Crippen LogP contribution < -0.4 is 10.2 Å². The van der Waals surface area contributed by atoms with E-state index in [2.05, 4.69) is 41.4 Å². The van der Waals surface area contributed by atoms with Gasteiger partial charge in [0, 0.05) is 18.8 Å². The standard InChI is InChI=1S/C21H25ClN2O/c1-15-6-5-13-24(14-15)18-11-9-17(10-12-18)16(2)23-21(25)19-7-3-4-8-20(19)22/h3-4,7-12,15-16H,5-6,13-14H2,1-2H3,(H,23,25)/t15-,16+/m1/s1. The lowest BCUT2D eigenvalue weighted by Crippen LogP contribution is -2.34. The van der Waals surface area contributed by atoms with Gasteiger partial charge in [-0.25, -0.2) is 0 Å². The van der Waals surface area contributed by atoms with Crippen molar-refractivity contribution in [1.82, 2.24) is 5.32 Å². The molecule has 0 aromatic heterocycles. The summed E-state index contributed by atoms with van der Waals surface area (Å²) in [5, 5.41) is 3.50. The SMILES string of the molecule is C[C@@H]1CCCN(c2ccc([C@H](C)NC(=O)c3ccccc3Cl)cc2)C1. The number of carbonyl (C=O) groups excluding carboxylic acids is 1. The summed E-state index contributed by atoms with van der Waals surface area (Å²) >= 11 is 6.10. The van der Waals surface area contributed by atoms with Gasteiger partial charge >= 0.3 is 0 Å². The minimum absolute atomic E-state index is 0.0712. The molecule has 0 aliphatic carbocycles. The smallest absolute Gasteiger partial charge is 0.253 e. The first-order valence-corrected chi connectivity index (χ1v) is 9.32. The fraction of sp³-hybridized carbons (Fsp3) is 0.381. The highest BCUT2D eigenvalue weighted by atomic mass is 35.5. The molecule has 0 radical (unpaired) electrons. The third-order valence-corrected chi connectivity index (χ3v) is 5.21. The first-order valence-electron chi connectivity index (χ1n) is 8.95. The Balaban J connectivity index is 1.65. The zero-order chi connectivity index (χ0) is 17.8. The van der Waals surface area contributed by atoms with Crippen LogP contribution in [-0.4, -0.2) is 19.0 Å². The molecule has 4 heteroatoms. The molecule has 0 bridgehead atoms. The van der Waals surface area contributed by atoms with Gasteiger partial charge in [0.2, 0.25) is 0 Å². The Morgan fingerprint density at radius 3 is 2.60 bits per heavy atom. The molecule has 1 heterocycles. The molecule has 25 heavy (non-hydrogen) atoms. The third-order valence-electron chi connectivity index (χ3n) is 4.88. The number of hydrogen-bond acceptors (Lipinski definition) is 2. The molecular weight excluding hydrogens is 332 g/mol. The predicted octanol–water partition coefficient (Wildman–Crippen LogP) is 5.07. The van der Waals surface area contributed by atoms with E-state index >= 15 is 0 Å². The zero-order valence-corrected chi connectivity index (χ0v) is 15.6. The van der Waals surface area contributed by atoms with Gasteiger partial charge in [-0.3, -0.25) is 4.79 Å². The van der Waals surface area contributed by atoms with E-state index in [4.69, 9.17) is 11.6 Å². The van der Waals surface area contributed by atoms with E-state index < -0.39 is 0 Å². The quantitative estimate of drug-likeness (QED) is 0.829. The van der Waals surface area contributed by atoms with Gasteiger partial charge < -0.3 is 10.2 Å². The third kappa shape index (κ3) is 4.35. The maximum atomic E-state index is 12.4. The molecule has 1 saturated heterocycles.